The highest BCUT2D eigenvalue weighted by molar-refractivity contribution is 5.79. The van der Waals surface area contributed by atoms with E-state index < -0.39 is 190 Å². The Hall–Kier alpha value is -3.90. The first kappa shape index (κ1) is 79.1. The molecule has 488 valence electrons. The molecular weight excluding hydrogens is 1120 g/mol. The van der Waals surface area contributed by atoms with Gasteiger partial charge in [0.25, 0.3) is 0 Å². The predicted octanol–water partition coefficient (Wildman–Crippen LogP) is -4.71. The van der Waals surface area contributed by atoms with Gasteiger partial charge in [-0.25, -0.2) is 0 Å². The maximum Gasteiger partial charge on any atom is 0.316 e. The molecular formula is C53H96O30. The molecule has 0 bridgehead atoms. The summed E-state index contributed by atoms with van der Waals surface area (Å²) in [7, 11) is 0. The van der Waals surface area contributed by atoms with Gasteiger partial charge in [0.1, 0.15) is 72.1 Å². The van der Waals surface area contributed by atoms with Gasteiger partial charge in [0, 0.05) is 0 Å². The van der Waals surface area contributed by atoms with Gasteiger partial charge >= 0.3 is 35.8 Å². The van der Waals surface area contributed by atoms with Crippen LogP contribution in [0, 0.1) is 48.7 Å². The van der Waals surface area contributed by atoms with Crippen LogP contribution in [0.25, 0.3) is 0 Å². The normalized spacial score (nSPS) is 13.2. The lowest BCUT2D eigenvalue weighted by molar-refractivity contribution is -0.174. The molecule has 0 rings (SSSR count). The van der Waals surface area contributed by atoms with E-state index in [1.807, 2.05) is 0 Å². The summed E-state index contributed by atoms with van der Waals surface area (Å²) in [5.41, 5.74) is -13.8. The minimum atomic E-state index is -1.68. The van der Waals surface area contributed by atoms with Crippen molar-refractivity contribution in [2.24, 2.45) is 48.7 Å². The summed E-state index contributed by atoms with van der Waals surface area (Å²) >= 11 is 0. The zero-order valence-corrected chi connectivity index (χ0v) is 49.4. The second kappa shape index (κ2) is 38.3. The SMILES string of the molecule is CC(COCCOCC(COCCOCC(C)(COC(=O)C(C)(CO)CO)COC(=O)C(C)(CO)CO)(COCCOC(=O)C(C)(CO)CO)COCCOC(=O)C(C)(CO)CO)(COC(=O)C(C)(CO)CO)COC(=O)C(C)(CO)CO. The molecule has 12 N–H and O–H groups in total. The van der Waals surface area contributed by atoms with Gasteiger partial charge in [0.05, 0.1) is 175 Å². The molecule has 30 nitrogen and oxygen atoms in total. The molecule has 0 aromatic carbocycles. The Kier molecular flexibility index (Phi) is 36.5. The van der Waals surface area contributed by atoms with Crippen LogP contribution in [-0.2, 0) is 85.6 Å². The standard InChI is InChI=1S/C53H96O30/c1-45(31-80-41(68)49(5,21-58)22-59,32-81-42(69)50(6,23-60)24-61)29-72-9-11-74-35-53(37-76-13-15-78-39(66)47(3,17-54)18-55,38-77-14-16-79-40(67)48(4,19-56)20-57)36-75-12-10-73-30-46(2,33-82-43(70)51(7,25-62)26-63)34-83-44(71)52(8,27-64)28-65/h54-65H,9-38H2,1-8H3. The van der Waals surface area contributed by atoms with Crippen molar-refractivity contribution >= 4 is 35.8 Å². The van der Waals surface area contributed by atoms with Gasteiger partial charge in [-0.15, -0.1) is 0 Å². The molecule has 0 aromatic rings. The average Bonchev–Trinajstić information content (AvgIpc) is 3.50. The van der Waals surface area contributed by atoms with Crippen molar-refractivity contribution in [2.45, 2.75) is 55.4 Å². The van der Waals surface area contributed by atoms with Crippen LogP contribution in [0.5, 0.6) is 0 Å². The Labute approximate surface area is 484 Å². The summed E-state index contributed by atoms with van der Waals surface area (Å²) in [5.74, 6) is -5.71. The number of esters is 6. The Morgan fingerprint density at radius 2 is 0.386 bits per heavy atom. The topological polar surface area (TPSA) is 456 Å². The van der Waals surface area contributed by atoms with Crippen LogP contribution in [0.15, 0.2) is 0 Å². The van der Waals surface area contributed by atoms with E-state index in [1.54, 1.807) is 0 Å². The van der Waals surface area contributed by atoms with Crippen molar-refractivity contribution in [3.63, 3.8) is 0 Å². The zero-order valence-electron chi connectivity index (χ0n) is 49.4. The quantitative estimate of drug-likeness (QED) is 0.0155. The molecule has 0 aromatic heterocycles. The summed E-state index contributed by atoms with van der Waals surface area (Å²) in [4.78, 5) is 76.8. The molecule has 0 fully saturated rings. The molecule has 0 saturated heterocycles. The van der Waals surface area contributed by atoms with Gasteiger partial charge in [0.2, 0.25) is 0 Å². The smallest absolute Gasteiger partial charge is 0.316 e. The molecule has 30 heteroatoms. The molecule has 0 heterocycles. The number of aliphatic hydroxyl groups excluding tert-OH is 12. The fourth-order valence-corrected chi connectivity index (χ4v) is 5.99. The van der Waals surface area contributed by atoms with Crippen LogP contribution < -0.4 is 0 Å². The summed E-state index contributed by atoms with van der Waals surface area (Å²) < 4.78 is 68.0. The minimum Gasteiger partial charge on any atom is -0.464 e. The molecule has 83 heavy (non-hydrogen) atoms. The predicted molar refractivity (Wildman–Crippen MR) is 283 cm³/mol. The molecule has 0 saturated carbocycles. The van der Waals surface area contributed by atoms with Crippen LogP contribution in [0.3, 0.4) is 0 Å². The van der Waals surface area contributed by atoms with Gasteiger partial charge in [-0.1, -0.05) is 13.8 Å². The fourth-order valence-electron chi connectivity index (χ4n) is 5.99. The van der Waals surface area contributed by atoms with Gasteiger partial charge in [0.15, 0.2) is 0 Å². The van der Waals surface area contributed by atoms with Crippen molar-refractivity contribution < 1.29 is 147 Å². The molecule has 0 unspecified atom stereocenters. The third-order valence-corrected chi connectivity index (χ3v) is 13.6. The lowest BCUT2D eigenvalue weighted by Gasteiger charge is -2.34. The van der Waals surface area contributed by atoms with Crippen LogP contribution in [0.1, 0.15) is 55.4 Å². The van der Waals surface area contributed by atoms with E-state index in [-0.39, 0.29) is 92.5 Å². The van der Waals surface area contributed by atoms with E-state index in [2.05, 4.69) is 0 Å². The van der Waals surface area contributed by atoms with Crippen LogP contribution in [0.4, 0.5) is 0 Å². The number of rotatable bonds is 50. The first-order chi connectivity index (χ1) is 38.9. The van der Waals surface area contributed by atoms with Crippen molar-refractivity contribution in [1.82, 2.24) is 0 Å². The average molecular weight is 1210 g/mol. The maximum absolute atomic E-state index is 12.9. The number of carbonyl (C=O) groups excluding carboxylic acids is 6. The molecule has 0 aliphatic heterocycles. The Morgan fingerprint density at radius 1 is 0.229 bits per heavy atom. The van der Waals surface area contributed by atoms with Crippen molar-refractivity contribution in [3.05, 3.63) is 0 Å². The number of carbonyl (C=O) groups is 6. The van der Waals surface area contributed by atoms with Gasteiger partial charge in [-0.2, -0.15) is 0 Å². The van der Waals surface area contributed by atoms with Gasteiger partial charge < -0.3 is 118 Å². The van der Waals surface area contributed by atoms with Gasteiger partial charge in [-0.05, 0) is 41.5 Å². The summed E-state index contributed by atoms with van der Waals surface area (Å²) in [5, 5.41) is 116. The Morgan fingerprint density at radius 3 is 0.566 bits per heavy atom. The number of hydrogen-bond donors (Lipinski definition) is 12. The Bertz CT molecular complexity index is 1670. The van der Waals surface area contributed by atoms with E-state index in [0.717, 1.165) is 0 Å². The van der Waals surface area contributed by atoms with E-state index >= 15 is 0 Å². The van der Waals surface area contributed by atoms with Crippen molar-refractivity contribution in [1.29, 1.82) is 0 Å². The lowest BCUT2D eigenvalue weighted by Crippen LogP contribution is -2.44. The molecule has 0 aliphatic rings. The van der Waals surface area contributed by atoms with Crippen LogP contribution in [-0.4, -0.2) is 295 Å². The summed E-state index contributed by atoms with van der Waals surface area (Å²) in [6, 6.07) is 0. The molecule has 0 atom stereocenters. The summed E-state index contributed by atoms with van der Waals surface area (Å²) in [6.07, 6.45) is 0. The van der Waals surface area contributed by atoms with Crippen molar-refractivity contribution in [3.8, 4) is 0 Å². The highest BCUT2D eigenvalue weighted by Gasteiger charge is 2.42. The highest BCUT2D eigenvalue weighted by Crippen LogP contribution is 2.28. The second-order valence-electron chi connectivity index (χ2n) is 23.3. The molecule has 0 amide bonds. The molecule has 0 spiro atoms. The third-order valence-electron chi connectivity index (χ3n) is 13.6. The third kappa shape index (κ3) is 25.9. The number of ether oxygens (including phenoxy) is 12. The van der Waals surface area contributed by atoms with Crippen molar-refractivity contribution in [2.75, 3.05) is 198 Å². The first-order valence-electron chi connectivity index (χ1n) is 26.7. The van der Waals surface area contributed by atoms with Crippen LogP contribution in [0.2, 0.25) is 0 Å². The Balaban J connectivity index is 6.76. The van der Waals surface area contributed by atoms with E-state index in [4.69, 9.17) is 56.8 Å². The minimum absolute atomic E-state index is 0.170. The lowest BCUT2D eigenvalue weighted by atomic mass is 9.91. The fraction of sp³-hybridized carbons (Fsp3) is 0.887. The highest BCUT2D eigenvalue weighted by atomic mass is 16.6. The zero-order chi connectivity index (χ0) is 63.7. The van der Waals surface area contributed by atoms with E-state index in [1.165, 1.54) is 55.4 Å². The number of hydrogen-bond acceptors (Lipinski definition) is 30. The van der Waals surface area contributed by atoms with E-state index in [0.29, 0.717) is 0 Å². The largest absolute Gasteiger partial charge is 0.464 e. The molecule has 0 radical (unpaired) electrons. The first-order valence-corrected chi connectivity index (χ1v) is 26.7. The monoisotopic (exact) mass is 1210 g/mol. The maximum atomic E-state index is 12.9. The van der Waals surface area contributed by atoms with Crippen LogP contribution >= 0.6 is 0 Å². The van der Waals surface area contributed by atoms with Gasteiger partial charge in [-0.3, -0.25) is 28.8 Å². The van der Waals surface area contributed by atoms with E-state index in [9.17, 15) is 90.0 Å². The molecule has 0 aliphatic carbocycles. The second-order valence-corrected chi connectivity index (χ2v) is 23.3. The summed E-state index contributed by atoms with van der Waals surface area (Å²) in [6.45, 7) is -3.47. The number of aliphatic hydroxyl groups is 12.